The highest BCUT2D eigenvalue weighted by atomic mass is 32.2. The molecule has 2 aromatic rings. The van der Waals surface area contributed by atoms with Gasteiger partial charge in [-0.25, -0.2) is 13.1 Å². The second-order valence-corrected chi connectivity index (χ2v) is 6.41. The number of nitrogens with one attached hydrogen (secondary N) is 1. The summed E-state index contributed by atoms with van der Waals surface area (Å²) in [7, 11) is -3.64. The second kappa shape index (κ2) is 6.33. The third-order valence-electron chi connectivity index (χ3n) is 3.03. The molecule has 0 aliphatic rings. The first-order valence-electron chi connectivity index (χ1n) is 6.56. The van der Waals surface area contributed by atoms with E-state index >= 15 is 0 Å². The van der Waals surface area contributed by atoms with E-state index in [9.17, 15) is 8.42 Å². The number of aromatic nitrogens is 2. The van der Waals surface area contributed by atoms with Crippen molar-refractivity contribution in [3.63, 3.8) is 0 Å². The van der Waals surface area contributed by atoms with Gasteiger partial charge in [-0.15, -0.1) is 0 Å². The first-order chi connectivity index (χ1) is 9.92. The standard InChI is InChI=1S/C13H18N4O3S/c1-3-12(14)10-5-4-6-11(7-10)21(18,19)15-8-13-16-9(2)20-17-13/h4-7,12,15H,3,8,14H2,1-2H3. The topological polar surface area (TPSA) is 111 Å². The Morgan fingerprint density at radius 3 is 2.81 bits per heavy atom. The molecule has 0 saturated carbocycles. The van der Waals surface area contributed by atoms with Gasteiger partial charge in [0.1, 0.15) is 0 Å². The molecule has 7 nitrogen and oxygen atoms in total. The SMILES string of the molecule is CCC(N)c1cccc(S(=O)(=O)NCc2noc(C)n2)c1. The molecule has 3 N–H and O–H groups in total. The highest BCUT2D eigenvalue weighted by Crippen LogP contribution is 2.18. The molecule has 114 valence electrons. The molecule has 1 heterocycles. The van der Waals surface area contributed by atoms with Crippen molar-refractivity contribution in [2.75, 3.05) is 0 Å². The molecule has 1 unspecified atom stereocenters. The molecule has 0 aliphatic carbocycles. The summed E-state index contributed by atoms with van der Waals surface area (Å²) in [5.74, 6) is 0.678. The zero-order valence-electron chi connectivity index (χ0n) is 11.9. The van der Waals surface area contributed by atoms with Crippen molar-refractivity contribution in [1.29, 1.82) is 0 Å². The van der Waals surface area contributed by atoms with Crippen LogP contribution in [0.2, 0.25) is 0 Å². The van der Waals surface area contributed by atoms with Gasteiger partial charge in [-0.3, -0.25) is 0 Å². The van der Waals surface area contributed by atoms with Crippen LogP contribution in [0.15, 0.2) is 33.7 Å². The van der Waals surface area contributed by atoms with Crippen molar-refractivity contribution in [2.45, 2.75) is 37.8 Å². The van der Waals surface area contributed by atoms with E-state index in [0.29, 0.717) is 5.89 Å². The zero-order valence-corrected chi connectivity index (χ0v) is 12.7. The van der Waals surface area contributed by atoms with E-state index in [1.807, 2.05) is 13.0 Å². The fourth-order valence-corrected chi connectivity index (χ4v) is 2.84. The van der Waals surface area contributed by atoms with Gasteiger partial charge in [0.2, 0.25) is 15.9 Å². The number of benzene rings is 1. The molecule has 0 fully saturated rings. The Balaban J connectivity index is 2.15. The molecule has 0 bridgehead atoms. The van der Waals surface area contributed by atoms with E-state index in [2.05, 4.69) is 14.9 Å². The minimum Gasteiger partial charge on any atom is -0.340 e. The molecule has 0 amide bonds. The highest BCUT2D eigenvalue weighted by Gasteiger charge is 2.16. The molecule has 0 aliphatic heterocycles. The van der Waals surface area contributed by atoms with Crippen LogP contribution in [0.1, 0.15) is 36.7 Å². The van der Waals surface area contributed by atoms with Crippen molar-refractivity contribution >= 4 is 10.0 Å². The normalized spacial score (nSPS) is 13.3. The first-order valence-corrected chi connectivity index (χ1v) is 8.05. The number of nitrogens with two attached hydrogens (primary N) is 1. The second-order valence-electron chi connectivity index (χ2n) is 4.64. The minimum atomic E-state index is -3.64. The molecule has 1 aromatic carbocycles. The summed E-state index contributed by atoms with van der Waals surface area (Å²) >= 11 is 0. The molecule has 21 heavy (non-hydrogen) atoms. The van der Waals surface area contributed by atoms with Crippen molar-refractivity contribution in [2.24, 2.45) is 5.73 Å². The van der Waals surface area contributed by atoms with E-state index in [4.69, 9.17) is 10.3 Å². The van der Waals surface area contributed by atoms with Gasteiger partial charge in [0.15, 0.2) is 5.82 Å². The van der Waals surface area contributed by atoms with Crippen LogP contribution in [0.3, 0.4) is 0 Å². The van der Waals surface area contributed by atoms with Gasteiger partial charge < -0.3 is 10.3 Å². The summed E-state index contributed by atoms with van der Waals surface area (Å²) in [5.41, 5.74) is 6.71. The quantitative estimate of drug-likeness (QED) is 0.831. The molecule has 0 radical (unpaired) electrons. The summed E-state index contributed by atoms with van der Waals surface area (Å²) < 4.78 is 31.7. The zero-order chi connectivity index (χ0) is 15.5. The van der Waals surface area contributed by atoms with Crippen LogP contribution in [0.25, 0.3) is 0 Å². The van der Waals surface area contributed by atoms with Crippen molar-refractivity contribution in [3.8, 4) is 0 Å². The molecule has 2 rings (SSSR count). The highest BCUT2D eigenvalue weighted by molar-refractivity contribution is 7.89. The smallest absolute Gasteiger partial charge is 0.240 e. The summed E-state index contributed by atoms with van der Waals surface area (Å²) in [6.07, 6.45) is 0.735. The Hall–Kier alpha value is -1.77. The largest absolute Gasteiger partial charge is 0.340 e. The maximum atomic E-state index is 12.2. The van der Waals surface area contributed by atoms with E-state index in [0.717, 1.165) is 12.0 Å². The number of aryl methyl sites for hydroxylation is 1. The Morgan fingerprint density at radius 1 is 1.43 bits per heavy atom. The molecule has 1 aromatic heterocycles. The fraction of sp³-hybridized carbons (Fsp3) is 0.385. The summed E-state index contributed by atoms with van der Waals surface area (Å²) in [6, 6.07) is 6.42. The summed E-state index contributed by atoms with van der Waals surface area (Å²) in [6.45, 7) is 3.56. The van der Waals surface area contributed by atoms with Gasteiger partial charge in [-0.2, -0.15) is 4.98 Å². The van der Waals surface area contributed by atoms with E-state index < -0.39 is 10.0 Å². The van der Waals surface area contributed by atoms with Gasteiger partial charge in [0, 0.05) is 13.0 Å². The Labute approximate surface area is 123 Å². The number of rotatable bonds is 6. The fourth-order valence-electron chi connectivity index (χ4n) is 1.80. The lowest BCUT2D eigenvalue weighted by Gasteiger charge is -2.11. The Morgan fingerprint density at radius 2 is 2.19 bits per heavy atom. The molecule has 0 saturated heterocycles. The lowest BCUT2D eigenvalue weighted by molar-refractivity contribution is 0.387. The van der Waals surface area contributed by atoms with Gasteiger partial charge in [-0.1, -0.05) is 24.2 Å². The molecular weight excluding hydrogens is 292 g/mol. The number of hydrogen-bond donors (Lipinski definition) is 2. The van der Waals surface area contributed by atoms with E-state index in [-0.39, 0.29) is 23.3 Å². The van der Waals surface area contributed by atoms with Crippen LogP contribution < -0.4 is 10.5 Å². The van der Waals surface area contributed by atoms with Gasteiger partial charge >= 0.3 is 0 Å². The van der Waals surface area contributed by atoms with E-state index in [1.54, 1.807) is 19.1 Å². The van der Waals surface area contributed by atoms with Crippen molar-refractivity contribution in [1.82, 2.24) is 14.9 Å². The van der Waals surface area contributed by atoms with Gasteiger partial charge in [0.25, 0.3) is 0 Å². The van der Waals surface area contributed by atoms with Gasteiger partial charge in [0.05, 0.1) is 11.4 Å². The average molecular weight is 310 g/mol. The predicted molar refractivity (Wildman–Crippen MR) is 76.7 cm³/mol. The van der Waals surface area contributed by atoms with Crippen LogP contribution in [0.5, 0.6) is 0 Å². The molecular formula is C13H18N4O3S. The predicted octanol–water partition coefficient (Wildman–Crippen LogP) is 1.27. The maximum absolute atomic E-state index is 12.2. The van der Waals surface area contributed by atoms with Gasteiger partial charge in [-0.05, 0) is 24.1 Å². The number of nitrogens with zero attached hydrogens (tertiary/aromatic N) is 2. The Bertz CT molecular complexity index is 712. The lowest BCUT2D eigenvalue weighted by atomic mass is 10.1. The molecule has 8 heteroatoms. The number of hydrogen-bond acceptors (Lipinski definition) is 6. The summed E-state index contributed by atoms with van der Waals surface area (Å²) in [5, 5.41) is 3.64. The van der Waals surface area contributed by atoms with E-state index in [1.165, 1.54) is 6.07 Å². The van der Waals surface area contributed by atoms with Crippen molar-refractivity contribution in [3.05, 3.63) is 41.5 Å². The average Bonchev–Trinajstić information content (AvgIpc) is 2.90. The molecule has 1 atom stereocenters. The minimum absolute atomic E-state index is 0.0241. The maximum Gasteiger partial charge on any atom is 0.240 e. The van der Waals surface area contributed by atoms with Crippen LogP contribution in [0, 0.1) is 6.92 Å². The number of sulfonamides is 1. The third-order valence-corrected chi connectivity index (χ3v) is 4.43. The summed E-state index contributed by atoms with van der Waals surface area (Å²) in [4.78, 5) is 4.11. The van der Waals surface area contributed by atoms with Crippen LogP contribution in [-0.4, -0.2) is 18.6 Å². The first kappa shape index (κ1) is 15.6. The monoisotopic (exact) mass is 310 g/mol. The third kappa shape index (κ3) is 3.87. The van der Waals surface area contributed by atoms with Crippen LogP contribution in [-0.2, 0) is 16.6 Å². The Kier molecular flexibility index (Phi) is 4.71. The lowest BCUT2D eigenvalue weighted by Crippen LogP contribution is -2.24. The van der Waals surface area contributed by atoms with Crippen LogP contribution in [0.4, 0.5) is 0 Å². The van der Waals surface area contributed by atoms with Crippen LogP contribution >= 0.6 is 0 Å². The molecule has 0 spiro atoms. The van der Waals surface area contributed by atoms with Crippen molar-refractivity contribution < 1.29 is 12.9 Å².